The van der Waals surface area contributed by atoms with E-state index >= 15 is 0 Å². The number of hydrazine groups is 1. The van der Waals surface area contributed by atoms with Crippen LogP contribution in [0.25, 0.3) is 0 Å². The lowest BCUT2D eigenvalue weighted by molar-refractivity contribution is 0.0321. The molecule has 2 aliphatic heterocycles. The van der Waals surface area contributed by atoms with Gasteiger partial charge in [0.1, 0.15) is 5.60 Å². The highest BCUT2D eigenvalue weighted by Crippen LogP contribution is 2.19. The van der Waals surface area contributed by atoms with E-state index in [9.17, 15) is 4.79 Å². The van der Waals surface area contributed by atoms with E-state index in [-0.39, 0.29) is 6.09 Å². The van der Waals surface area contributed by atoms with Gasteiger partial charge in [-0.1, -0.05) is 0 Å². The summed E-state index contributed by atoms with van der Waals surface area (Å²) >= 11 is 0. The molecule has 2 N–H and O–H groups in total. The fourth-order valence-electron chi connectivity index (χ4n) is 1.88. The minimum absolute atomic E-state index is 0.259. The van der Waals surface area contributed by atoms with Crippen molar-refractivity contribution in [3.63, 3.8) is 0 Å². The van der Waals surface area contributed by atoms with Crippen LogP contribution in [0, 0.1) is 0 Å². The van der Waals surface area contributed by atoms with Crippen LogP contribution in [0.1, 0.15) is 27.2 Å². The molecule has 5 heteroatoms. The monoisotopic (exact) mass is 225 g/mol. The Morgan fingerprint density at radius 3 is 3.00 bits per heavy atom. The Labute approximate surface area is 95.8 Å². The van der Waals surface area contributed by atoms with Crippen molar-refractivity contribution in [2.24, 2.45) is 0 Å². The van der Waals surface area contributed by atoms with Gasteiger partial charge in [-0.15, -0.1) is 0 Å². The molecule has 2 heterocycles. The predicted octanol–water partition coefficient (Wildman–Crippen LogP) is 0.988. The van der Waals surface area contributed by atoms with Gasteiger partial charge in [-0.05, 0) is 32.8 Å². The molecule has 1 atom stereocenters. The van der Waals surface area contributed by atoms with Gasteiger partial charge in [0.05, 0.1) is 0 Å². The fraction of sp³-hybridized carbons (Fsp3) is 0.727. The molecule has 0 spiro atoms. The summed E-state index contributed by atoms with van der Waals surface area (Å²) in [5.74, 6) is 0. The molecule has 0 aliphatic carbocycles. The van der Waals surface area contributed by atoms with Gasteiger partial charge >= 0.3 is 6.09 Å². The van der Waals surface area contributed by atoms with Crippen molar-refractivity contribution in [1.82, 2.24) is 15.8 Å². The molecule has 2 aliphatic rings. The van der Waals surface area contributed by atoms with Gasteiger partial charge in [0.25, 0.3) is 0 Å². The summed E-state index contributed by atoms with van der Waals surface area (Å²) in [5.41, 5.74) is 7.03. The number of carbonyl (C=O) groups excluding carboxylic acids is 1. The molecule has 5 nitrogen and oxygen atoms in total. The average molecular weight is 225 g/mol. The molecule has 0 bridgehead atoms. The summed E-state index contributed by atoms with van der Waals surface area (Å²) in [6.07, 6.45) is 2.57. The van der Waals surface area contributed by atoms with Crippen molar-refractivity contribution in [1.29, 1.82) is 0 Å². The number of carbonyl (C=O) groups is 1. The zero-order chi connectivity index (χ0) is 11.8. The summed E-state index contributed by atoms with van der Waals surface area (Å²) in [6, 6.07) is 0.374. The zero-order valence-electron chi connectivity index (χ0n) is 10.0. The Balaban J connectivity index is 2.01. The number of amides is 1. The molecule has 1 fully saturated rings. The molecule has 0 saturated carbocycles. The van der Waals surface area contributed by atoms with Gasteiger partial charge in [-0.25, -0.2) is 4.79 Å². The second kappa shape index (κ2) is 4.07. The molecule has 0 aromatic rings. The summed E-state index contributed by atoms with van der Waals surface area (Å²) in [6.45, 7) is 7.14. The predicted molar refractivity (Wildman–Crippen MR) is 60.6 cm³/mol. The summed E-state index contributed by atoms with van der Waals surface area (Å²) in [7, 11) is 0. The van der Waals surface area contributed by atoms with E-state index in [2.05, 4.69) is 10.9 Å². The lowest BCUT2D eigenvalue weighted by Gasteiger charge is -2.29. The normalized spacial score (nSPS) is 25.1. The molecule has 1 amide bonds. The second-order valence-corrected chi connectivity index (χ2v) is 5.22. The minimum Gasteiger partial charge on any atom is -0.443 e. The SMILES string of the molecule is CC(C)(C)OC(=O)N1C=C2CNN[C@@H]2CC1. The van der Waals surface area contributed by atoms with Crippen LogP contribution < -0.4 is 10.9 Å². The lowest BCUT2D eigenvalue weighted by atomic mass is 10.0. The largest absolute Gasteiger partial charge is 0.443 e. The minimum atomic E-state index is -0.432. The Kier molecular flexibility index (Phi) is 2.90. The zero-order valence-corrected chi connectivity index (χ0v) is 10.0. The quantitative estimate of drug-likeness (QED) is 0.645. The van der Waals surface area contributed by atoms with Crippen molar-refractivity contribution in [3.05, 3.63) is 11.8 Å². The van der Waals surface area contributed by atoms with E-state index in [1.807, 2.05) is 27.0 Å². The Bertz CT molecular complexity index is 320. The highest BCUT2D eigenvalue weighted by Gasteiger charge is 2.29. The first-order chi connectivity index (χ1) is 7.46. The topological polar surface area (TPSA) is 53.6 Å². The Hall–Kier alpha value is -1.07. The smallest absolute Gasteiger partial charge is 0.414 e. The van der Waals surface area contributed by atoms with Crippen LogP contribution in [0.2, 0.25) is 0 Å². The number of ether oxygens (including phenoxy) is 1. The third kappa shape index (κ3) is 2.54. The van der Waals surface area contributed by atoms with Gasteiger partial charge in [0.2, 0.25) is 0 Å². The maximum absolute atomic E-state index is 11.8. The van der Waals surface area contributed by atoms with Crippen LogP contribution in [0.3, 0.4) is 0 Å². The van der Waals surface area contributed by atoms with Crippen molar-refractivity contribution in [3.8, 4) is 0 Å². The van der Waals surface area contributed by atoms with Crippen molar-refractivity contribution >= 4 is 6.09 Å². The number of nitrogens with zero attached hydrogens (tertiary/aromatic N) is 1. The second-order valence-electron chi connectivity index (χ2n) is 5.22. The molecule has 0 aromatic heterocycles. The van der Waals surface area contributed by atoms with Crippen LogP contribution in [0.15, 0.2) is 11.8 Å². The molecular formula is C11H19N3O2. The molecule has 1 saturated heterocycles. The first-order valence-corrected chi connectivity index (χ1v) is 5.64. The molecule has 16 heavy (non-hydrogen) atoms. The molecule has 90 valence electrons. The third-order valence-corrected chi connectivity index (χ3v) is 2.62. The van der Waals surface area contributed by atoms with Crippen LogP contribution in [-0.4, -0.2) is 35.7 Å². The van der Waals surface area contributed by atoms with Gasteiger partial charge in [0.15, 0.2) is 0 Å². The molecule has 0 unspecified atom stereocenters. The molecular weight excluding hydrogens is 206 g/mol. The van der Waals surface area contributed by atoms with Crippen LogP contribution in [0.4, 0.5) is 4.79 Å². The first-order valence-electron chi connectivity index (χ1n) is 5.64. The van der Waals surface area contributed by atoms with E-state index < -0.39 is 5.60 Å². The van der Waals surface area contributed by atoms with Gasteiger partial charge in [-0.2, -0.15) is 0 Å². The van der Waals surface area contributed by atoms with E-state index in [1.165, 1.54) is 5.57 Å². The summed E-state index contributed by atoms with van der Waals surface area (Å²) in [5, 5.41) is 0. The summed E-state index contributed by atoms with van der Waals surface area (Å²) < 4.78 is 5.33. The Morgan fingerprint density at radius 1 is 1.56 bits per heavy atom. The van der Waals surface area contributed by atoms with Crippen molar-refractivity contribution in [2.75, 3.05) is 13.1 Å². The highest BCUT2D eigenvalue weighted by molar-refractivity contribution is 5.69. The number of fused-ring (bicyclic) bond motifs is 1. The van der Waals surface area contributed by atoms with Crippen LogP contribution in [-0.2, 0) is 4.74 Å². The molecule has 0 aromatic carbocycles. The third-order valence-electron chi connectivity index (χ3n) is 2.62. The van der Waals surface area contributed by atoms with E-state index in [4.69, 9.17) is 4.74 Å². The van der Waals surface area contributed by atoms with E-state index in [0.717, 1.165) is 13.0 Å². The lowest BCUT2D eigenvalue weighted by Crippen LogP contribution is -2.40. The van der Waals surface area contributed by atoms with E-state index in [0.29, 0.717) is 12.6 Å². The fourth-order valence-corrected chi connectivity index (χ4v) is 1.88. The van der Waals surface area contributed by atoms with Gasteiger partial charge in [-0.3, -0.25) is 15.8 Å². The molecule has 2 rings (SSSR count). The van der Waals surface area contributed by atoms with Crippen LogP contribution in [0.5, 0.6) is 0 Å². The van der Waals surface area contributed by atoms with Crippen molar-refractivity contribution in [2.45, 2.75) is 38.8 Å². The van der Waals surface area contributed by atoms with E-state index in [1.54, 1.807) is 4.90 Å². The summed E-state index contributed by atoms with van der Waals surface area (Å²) in [4.78, 5) is 13.5. The first kappa shape index (κ1) is 11.4. The van der Waals surface area contributed by atoms with Crippen LogP contribution >= 0.6 is 0 Å². The average Bonchev–Trinajstić information content (AvgIpc) is 2.61. The highest BCUT2D eigenvalue weighted by atomic mass is 16.6. The maximum atomic E-state index is 11.8. The molecule has 0 radical (unpaired) electrons. The Morgan fingerprint density at radius 2 is 2.31 bits per heavy atom. The van der Waals surface area contributed by atoms with Gasteiger partial charge in [0, 0.05) is 25.3 Å². The number of rotatable bonds is 0. The number of hydrogen-bond donors (Lipinski definition) is 2. The maximum Gasteiger partial charge on any atom is 0.414 e. The van der Waals surface area contributed by atoms with Gasteiger partial charge < -0.3 is 4.74 Å². The number of nitrogens with one attached hydrogen (secondary N) is 2. The number of hydrogen-bond acceptors (Lipinski definition) is 4. The standard InChI is InChI=1S/C11H19N3O2/c1-11(2,3)16-10(15)14-5-4-9-8(7-14)6-12-13-9/h7,9,12-13H,4-6H2,1-3H3/t9-/m1/s1. The van der Waals surface area contributed by atoms with Crippen molar-refractivity contribution < 1.29 is 9.53 Å².